The minimum Gasteiger partial charge on any atom is -0.390 e. The van der Waals surface area contributed by atoms with Crippen LogP contribution in [0.2, 0.25) is 0 Å². The normalized spacial score (nSPS) is 11.2. The Bertz CT molecular complexity index is 723. The van der Waals surface area contributed by atoms with Crippen molar-refractivity contribution >= 4 is 11.0 Å². The number of nitrogens with one attached hydrogen (secondary N) is 1. The second kappa shape index (κ2) is 5.06. The number of aliphatic hydroxyl groups excluding tert-OH is 1. The first-order valence-electron chi connectivity index (χ1n) is 6.67. The van der Waals surface area contributed by atoms with Crippen LogP contribution in [0.3, 0.4) is 0 Å². The fourth-order valence-corrected chi connectivity index (χ4v) is 2.29. The molecular formula is C16H17N3O. The Morgan fingerprint density at radius 1 is 1.05 bits per heavy atom. The third kappa shape index (κ3) is 2.42. The Balaban J connectivity index is 1.94. The first-order valence-corrected chi connectivity index (χ1v) is 6.67. The summed E-state index contributed by atoms with van der Waals surface area (Å²) in [4.78, 5) is 12.3. The van der Waals surface area contributed by atoms with E-state index in [9.17, 15) is 0 Å². The highest BCUT2D eigenvalue weighted by Gasteiger charge is 2.06. The van der Waals surface area contributed by atoms with Crippen LogP contribution < -0.4 is 0 Å². The van der Waals surface area contributed by atoms with Crippen molar-refractivity contribution in [2.24, 2.45) is 0 Å². The Kier molecular flexibility index (Phi) is 3.24. The van der Waals surface area contributed by atoms with Crippen molar-refractivity contribution in [3.05, 3.63) is 58.7 Å². The summed E-state index contributed by atoms with van der Waals surface area (Å²) in [5.74, 6) is 0.896. The highest BCUT2D eigenvalue weighted by atomic mass is 16.3. The molecule has 0 aliphatic carbocycles. The van der Waals surface area contributed by atoms with Crippen LogP contribution in [0, 0.1) is 13.8 Å². The quantitative estimate of drug-likeness (QED) is 0.767. The lowest BCUT2D eigenvalue weighted by Crippen LogP contribution is -1.97. The summed E-state index contributed by atoms with van der Waals surface area (Å²) in [6.45, 7) is 4.16. The zero-order chi connectivity index (χ0) is 14.1. The third-order valence-electron chi connectivity index (χ3n) is 3.52. The molecule has 0 spiro atoms. The van der Waals surface area contributed by atoms with Crippen LogP contribution in [0.1, 0.15) is 28.3 Å². The summed E-state index contributed by atoms with van der Waals surface area (Å²) in [6.07, 6.45) is 0.639. The van der Waals surface area contributed by atoms with E-state index in [2.05, 4.69) is 40.9 Å². The number of imidazole rings is 1. The molecule has 0 radical (unpaired) electrons. The number of aliphatic hydroxyl groups is 1. The van der Waals surface area contributed by atoms with E-state index in [1.807, 2.05) is 18.2 Å². The van der Waals surface area contributed by atoms with Gasteiger partial charge in [0.2, 0.25) is 0 Å². The van der Waals surface area contributed by atoms with Crippen LogP contribution in [0.15, 0.2) is 30.3 Å². The largest absolute Gasteiger partial charge is 0.390 e. The molecule has 3 rings (SSSR count). The molecule has 4 nitrogen and oxygen atoms in total. The van der Waals surface area contributed by atoms with E-state index in [4.69, 9.17) is 5.11 Å². The molecule has 0 atom stereocenters. The van der Waals surface area contributed by atoms with Gasteiger partial charge in [-0.3, -0.25) is 4.98 Å². The molecule has 0 aliphatic heterocycles. The van der Waals surface area contributed by atoms with Gasteiger partial charge in [0, 0.05) is 12.1 Å². The van der Waals surface area contributed by atoms with Crippen LogP contribution in [0.4, 0.5) is 0 Å². The molecule has 0 aliphatic rings. The number of nitrogens with zero attached hydrogens (tertiary/aromatic N) is 2. The molecule has 0 unspecified atom stereocenters. The molecule has 0 amide bonds. The first-order chi connectivity index (χ1) is 9.65. The lowest BCUT2D eigenvalue weighted by molar-refractivity contribution is 0.276. The van der Waals surface area contributed by atoms with Gasteiger partial charge in [0.15, 0.2) is 0 Å². The fraction of sp³-hybridized carbons (Fsp3) is 0.250. The van der Waals surface area contributed by atoms with Gasteiger partial charge < -0.3 is 10.1 Å². The van der Waals surface area contributed by atoms with Gasteiger partial charge in [0.25, 0.3) is 0 Å². The summed E-state index contributed by atoms with van der Waals surface area (Å²) < 4.78 is 0. The third-order valence-corrected chi connectivity index (χ3v) is 3.52. The predicted octanol–water partition coefficient (Wildman–Crippen LogP) is 2.66. The summed E-state index contributed by atoms with van der Waals surface area (Å²) in [5.41, 5.74) is 6.14. The second-order valence-electron chi connectivity index (χ2n) is 5.09. The van der Waals surface area contributed by atoms with Crippen molar-refractivity contribution in [3.63, 3.8) is 0 Å². The van der Waals surface area contributed by atoms with E-state index < -0.39 is 0 Å². The fourth-order valence-electron chi connectivity index (χ4n) is 2.29. The molecule has 20 heavy (non-hydrogen) atoms. The van der Waals surface area contributed by atoms with Crippen molar-refractivity contribution in [1.82, 2.24) is 15.0 Å². The molecular weight excluding hydrogens is 250 g/mol. The van der Waals surface area contributed by atoms with E-state index in [1.165, 1.54) is 11.1 Å². The molecule has 2 N–H and O–H groups in total. The van der Waals surface area contributed by atoms with Gasteiger partial charge in [-0.05, 0) is 49.2 Å². The van der Waals surface area contributed by atoms with E-state index in [0.717, 1.165) is 22.6 Å². The van der Waals surface area contributed by atoms with Crippen molar-refractivity contribution in [2.45, 2.75) is 26.9 Å². The summed E-state index contributed by atoms with van der Waals surface area (Å²) >= 11 is 0. The number of benzene rings is 1. The number of H-pyrrole nitrogens is 1. The van der Waals surface area contributed by atoms with Crippen molar-refractivity contribution < 1.29 is 5.11 Å². The molecule has 4 heteroatoms. The molecule has 102 valence electrons. The Morgan fingerprint density at radius 3 is 2.60 bits per heavy atom. The molecule has 0 saturated carbocycles. The molecule has 0 fully saturated rings. The number of aromatic nitrogens is 3. The highest BCUT2D eigenvalue weighted by molar-refractivity contribution is 5.77. The Hall–Kier alpha value is -2.20. The van der Waals surface area contributed by atoms with Crippen molar-refractivity contribution in [1.29, 1.82) is 0 Å². The SMILES string of the molecule is Cc1cc2nc(Cc3cccc(CO)n3)[nH]c2cc1C. The standard InChI is InChI=1S/C16H17N3O/c1-10-6-14-15(7-11(10)2)19-16(18-14)8-12-4-3-5-13(9-20)17-12/h3-7,20H,8-9H2,1-2H3,(H,18,19). The molecule has 3 aromatic rings. The van der Waals surface area contributed by atoms with E-state index in [1.54, 1.807) is 0 Å². The molecule has 2 heterocycles. The Labute approximate surface area is 117 Å². The zero-order valence-electron chi connectivity index (χ0n) is 11.6. The van der Waals surface area contributed by atoms with Crippen LogP contribution in [-0.2, 0) is 13.0 Å². The number of pyridine rings is 1. The van der Waals surface area contributed by atoms with Gasteiger partial charge in [-0.25, -0.2) is 4.98 Å². The van der Waals surface area contributed by atoms with E-state index in [0.29, 0.717) is 12.1 Å². The van der Waals surface area contributed by atoms with Crippen LogP contribution in [-0.4, -0.2) is 20.1 Å². The molecule has 0 saturated heterocycles. The van der Waals surface area contributed by atoms with Crippen LogP contribution in [0.5, 0.6) is 0 Å². The topological polar surface area (TPSA) is 61.8 Å². The smallest absolute Gasteiger partial charge is 0.113 e. The van der Waals surface area contributed by atoms with E-state index >= 15 is 0 Å². The average Bonchev–Trinajstić information content (AvgIpc) is 2.80. The maximum atomic E-state index is 9.12. The number of fused-ring (bicyclic) bond motifs is 1. The summed E-state index contributed by atoms with van der Waals surface area (Å²) in [5, 5.41) is 9.12. The predicted molar refractivity (Wildman–Crippen MR) is 78.5 cm³/mol. The first kappa shape index (κ1) is 12.8. The summed E-state index contributed by atoms with van der Waals surface area (Å²) in [6, 6.07) is 9.89. The Morgan fingerprint density at radius 2 is 1.80 bits per heavy atom. The van der Waals surface area contributed by atoms with Crippen molar-refractivity contribution in [3.8, 4) is 0 Å². The van der Waals surface area contributed by atoms with Gasteiger partial charge in [-0.1, -0.05) is 6.07 Å². The molecule has 1 aromatic carbocycles. The number of aromatic amines is 1. The van der Waals surface area contributed by atoms with Crippen molar-refractivity contribution in [2.75, 3.05) is 0 Å². The van der Waals surface area contributed by atoms with Gasteiger partial charge >= 0.3 is 0 Å². The maximum Gasteiger partial charge on any atom is 0.113 e. The van der Waals surface area contributed by atoms with Crippen LogP contribution >= 0.6 is 0 Å². The lowest BCUT2D eigenvalue weighted by atomic mass is 10.1. The average molecular weight is 267 g/mol. The van der Waals surface area contributed by atoms with Crippen LogP contribution in [0.25, 0.3) is 11.0 Å². The van der Waals surface area contributed by atoms with Gasteiger partial charge in [0.05, 0.1) is 23.3 Å². The number of hydrogen-bond donors (Lipinski definition) is 2. The molecule has 2 aromatic heterocycles. The van der Waals surface area contributed by atoms with E-state index in [-0.39, 0.29) is 6.61 Å². The molecule has 0 bridgehead atoms. The number of hydrogen-bond acceptors (Lipinski definition) is 3. The monoisotopic (exact) mass is 267 g/mol. The maximum absolute atomic E-state index is 9.12. The minimum atomic E-state index is -0.0354. The number of aryl methyl sites for hydroxylation is 2. The minimum absolute atomic E-state index is 0.0354. The zero-order valence-corrected chi connectivity index (χ0v) is 11.6. The summed E-state index contributed by atoms with van der Waals surface area (Å²) in [7, 11) is 0. The lowest BCUT2D eigenvalue weighted by Gasteiger charge is -2.00. The van der Waals surface area contributed by atoms with Gasteiger partial charge in [0.1, 0.15) is 5.82 Å². The second-order valence-corrected chi connectivity index (χ2v) is 5.09. The highest BCUT2D eigenvalue weighted by Crippen LogP contribution is 2.18. The number of rotatable bonds is 3. The van der Waals surface area contributed by atoms with Gasteiger partial charge in [-0.2, -0.15) is 0 Å². The van der Waals surface area contributed by atoms with Gasteiger partial charge in [-0.15, -0.1) is 0 Å².